The SMILES string of the molecule is Cc1c(O)cccc1C(=O)NCCOc1ccccc1. The van der Waals surface area contributed by atoms with Crippen molar-refractivity contribution < 1.29 is 14.6 Å². The third kappa shape index (κ3) is 3.51. The van der Waals surface area contributed by atoms with Crippen LogP contribution in [0.3, 0.4) is 0 Å². The quantitative estimate of drug-likeness (QED) is 0.821. The summed E-state index contributed by atoms with van der Waals surface area (Å²) in [6, 6.07) is 14.3. The summed E-state index contributed by atoms with van der Waals surface area (Å²) in [5.74, 6) is 0.684. The summed E-state index contributed by atoms with van der Waals surface area (Å²) in [6.45, 7) is 2.52. The van der Waals surface area contributed by atoms with E-state index in [1.807, 2.05) is 30.3 Å². The lowest BCUT2D eigenvalue weighted by molar-refractivity contribution is 0.0946. The van der Waals surface area contributed by atoms with Gasteiger partial charge >= 0.3 is 0 Å². The van der Waals surface area contributed by atoms with Gasteiger partial charge in [-0.2, -0.15) is 0 Å². The molecule has 2 aromatic rings. The molecule has 0 heterocycles. The molecule has 2 N–H and O–H groups in total. The van der Waals surface area contributed by atoms with Gasteiger partial charge in [0.15, 0.2) is 0 Å². The lowest BCUT2D eigenvalue weighted by atomic mass is 10.1. The monoisotopic (exact) mass is 271 g/mol. The molecule has 0 bridgehead atoms. The van der Waals surface area contributed by atoms with Crippen LogP contribution in [-0.2, 0) is 0 Å². The Morgan fingerprint density at radius 1 is 1.15 bits per heavy atom. The molecule has 2 aromatic carbocycles. The van der Waals surface area contributed by atoms with E-state index in [0.29, 0.717) is 24.3 Å². The van der Waals surface area contributed by atoms with E-state index in [9.17, 15) is 9.90 Å². The first-order valence-electron chi connectivity index (χ1n) is 6.43. The topological polar surface area (TPSA) is 58.6 Å². The third-order valence-corrected chi connectivity index (χ3v) is 2.95. The Bertz CT molecular complexity index is 582. The summed E-state index contributed by atoms with van der Waals surface area (Å²) < 4.78 is 5.48. The molecule has 0 aliphatic carbocycles. The second-order valence-corrected chi connectivity index (χ2v) is 4.37. The summed E-state index contributed by atoms with van der Waals surface area (Å²) >= 11 is 0. The number of phenolic OH excluding ortho intramolecular Hbond substituents is 1. The molecular weight excluding hydrogens is 254 g/mol. The van der Waals surface area contributed by atoms with E-state index in [0.717, 1.165) is 5.75 Å². The molecule has 0 aliphatic rings. The maximum atomic E-state index is 12.0. The molecule has 0 aliphatic heterocycles. The Labute approximate surface area is 118 Å². The Balaban J connectivity index is 1.82. The van der Waals surface area contributed by atoms with Crippen molar-refractivity contribution >= 4 is 5.91 Å². The summed E-state index contributed by atoms with van der Waals surface area (Å²) in [5.41, 5.74) is 1.05. The molecule has 0 spiro atoms. The van der Waals surface area contributed by atoms with Crippen LogP contribution < -0.4 is 10.1 Å². The van der Waals surface area contributed by atoms with Crippen LogP contribution in [0.15, 0.2) is 48.5 Å². The molecule has 1 amide bonds. The second-order valence-electron chi connectivity index (χ2n) is 4.37. The average molecular weight is 271 g/mol. The zero-order valence-corrected chi connectivity index (χ0v) is 11.3. The van der Waals surface area contributed by atoms with Gasteiger partial charge in [-0.1, -0.05) is 24.3 Å². The molecule has 0 unspecified atom stereocenters. The van der Waals surface area contributed by atoms with Gasteiger partial charge in [0.05, 0.1) is 6.54 Å². The Hall–Kier alpha value is -2.49. The zero-order valence-electron chi connectivity index (χ0n) is 11.3. The van der Waals surface area contributed by atoms with Crippen LogP contribution in [0, 0.1) is 6.92 Å². The number of hydrogen-bond acceptors (Lipinski definition) is 3. The summed E-state index contributed by atoms with van der Waals surface area (Å²) in [5, 5.41) is 12.3. The number of phenols is 1. The number of hydrogen-bond donors (Lipinski definition) is 2. The highest BCUT2D eigenvalue weighted by atomic mass is 16.5. The van der Waals surface area contributed by atoms with Crippen molar-refractivity contribution in [3.63, 3.8) is 0 Å². The van der Waals surface area contributed by atoms with Crippen molar-refractivity contribution in [2.24, 2.45) is 0 Å². The molecule has 104 valence electrons. The molecule has 0 saturated carbocycles. The van der Waals surface area contributed by atoms with Crippen molar-refractivity contribution in [3.8, 4) is 11.5 Å². The summed E-state index contributed by atoms with van der Waals surface area (Å²) in [6.07, 6.45) is 0. The first-order chi connectivity index (χ1) is 9.68. The van der Waals surface area contributed by atoms with Crippen LogP contribution in [-0.4, -0.2) is 24.2 Å². The molecular formula is C16H17NO3. The molecule has 20 heavy (non-hydrogen) atoms. The van der Waals surface area contributed by atoms with Crippen LogP contribution in [0.1, 0.15) is 15.9 Å². The highest BCUT2D eigenvalue weighted by Gasteiger charge is 2.10. The van der Waals surface area contributed by atoms with Crippen LogP contribution >= 0.6 is 0 Å². The van der Waals surface area contributed by atoms with Crippen molar-refractivity contribution in [1.29, 1.82) is 0 Å². The van der Waals surface area contributed by atoms with Gasteiger partial charge < -0.3 is 15.2 Å². The first-order valence-corrected chi connectivity index (χ1v) is 6.43. The van der Waals surface area contributed by atoms with Gasteiger partial charge in [0, 0.05) is 11.1 Å². The van der Waals surface area contributed by atoms with Gasteiger partial charge in [0.25, 0.3) is 5.91 Å². The van der Waals surface area contributed by atoms with Crippen molar-refractivity contribution in [2.75, 3.05) is 13.2 Å². The summed E-state index contributed by atoms with van der Waals surface area (Å²) in [7, 11) is 0. The van der Waals surface area contributed by atoms with Gasteiger partial charge in [-0.25, -0.2) is 0 Å². The molecule has 0 fully saturated rings. The Kier molecular flexibility index (Phi) is 4.60. The first kappa shape index (κ1) is 13.9. The van der Waals surface area contributed by atoms with Gasteiger partial charge in [0.2, 0.25) is 0 Å². The van der Waals surface area contributed by atoms with E-state index >= 15 is 0 Å². The van der Waals surface area contributed by atoms with Gasteiger partial charge in [0.1, 0.15) is 18.1 Å². The number of carbonyl (C=O) groups excluding carboxylic acids is 1. The van der Waals surface area contributed by atoms with E-state index < -0.39 is 0 Å². The Morgan fingerprint density at radius 2 is 1.90 bits per heavy atom. The number of para-hydroxylation sites is 1. The minimum absolute atomic E-state index is 0.123. The van der Waals surface area contributed by atoms with Gasteiger partial charge in [-0.05, 0) is 31.2 Å². The minimum atomic E-state index is -0.213. The molecule has 4 heteroatoms. The predicted molar refractivity (Wildman–Crippen MR) is 77.1 cm³/mol. The number of aromatic hydroxyl groups is 1. The smallest absolute Gasteiger partial charge is 0.251 e. The van der Waals surface area contributed by atoms with E-state index in [4.69, 9.17) is 4.74 Å². The average Bonchev–Trinajstić information content (AvgIpc) is 2.47. The van der Waals surface area contributed by atoms with Crippen molar-refractivity contribution in [1.82, 2.24) is 5.32 Å². The fourth-order valence-corrected chi connectivity index (χ4v) is 1.81. The molecule has 0 aromatic heterocycles. The normalized spacial score (nSPS) is 10.1. The number of benzene rings is 2. The number of ether oxygens (including phenoxy) is 1. The largest absolute Gasteiger partial charge is 0.508 e. The van der Waals surface area contributed by atoms with E-state index in [1.165, 1.54) is 0 Å². The van der Waals surface area contributed by atoms with E-state index in [1.54, 1.807) is 25.1 Å². The maximum Gasteiger partial charge on any atom is 0.251 e. The Morgan fingerprint density at radius 3 is 2.65 bits per heavy atom. The van der Waals surface area contributed by atoms with E-state index in [-0.39, 0.29) is 11.7 Å². The molecule has 0 saturated heterocycles. The molecule has 2 rings (SSSR count). The summed E-state index contributed by atoms with van der Waals surface area (Å²) in [4.78, 5) is 12.0. The van der Waals surface area contributed by atoms with Crippen LogP contribution in [0.4, 0.5) is 0 Å². The zero-order chi connectivity index (χ0) is 14.4. The lowest BCUT2D eigenvalue weighted by Gasteiger charge is -2.09. The fourth-order valence-electron chi connectivity index (χ4n) is 1.81. The lowest BCUT2D eigenvalue weighted by Crippen LogP contribution is -2.28. The van der Waals surface area contributed by atoms with Crippen LogP contribution in [0.25, 0.3) is 0 Å². The highest BCUT2D eigenvalue weighted by molar-refractivity contribution is 5.96. The number of amides is 1. The number of carbonyl (C=O) groups is 1. The molecule has 4 nitrogen and oxygen atoms in total. The highest BCUT2D eigenvalue weighted by Crippen LogP contribution is 2.19. The standard InChI is InChI=1S/C16H17NO3/c1-12-14(8-5-9-15(12)18)16(19)17-10-11-20-13-6-3-2-4-7-13/h2-9,18H,10-11H2,1H3,(H,17,19). The van der Waals surface area contributed by atoms with Crippen LogP contribution in [0.5, 0.6) is 11.5 Å². The van der Waals surface area contributed by atoms with Gasteiger partial charge in [-0.3, -0.25) is 4.79 Å². The number of nitrogens with one attached hydrogen (secondary N) is 1. The maximum absolute atomic E-state index is 12.0. The van der Waals surface area contributed by atoms with Crippen molar-refractivity contribution in [3.05, 3.63) is 59.7 Å². The number of rotatable bonds is 5. The van der Waals surface area contributed by atoms with Crippen LogP contribution in [0.2, 0.25) is 0 Å². The minimum Gasteiger partial charge on any atom is -0.508 e. The van der Waals surface area contributed by atoms with Gasteiger partial charge in [-0.15, -0.1) is 0 Å². The van der Waals surface area contributed by atoms with Crippen molar-refractivity contribution in [2.45, 2.75) is 6.92 Å². The third-order valence-electron chi connectivity index (χ3n) is 2.95. The molecule has 0 radical (unpaired) electrons. The second kappa shape index (κ2) is 6.61. The molecule has 0 atom stereocenters. The van der Waals surface area contributed by atoms with E-state index in [2.05, 4.69) is 5.32 Å². The fraction of sp³-hybridized carbons (Fsp3) is 0.188. The predicted octanol–water partition coefficient (Wildman–Crippen LogP) is 2.51.